The highest BCUT2D eigenvalue weighted by Crippen LogP contribution is 2.39. The van der Waals surface area contributed by atoms with E-state index in [-0.39, 0.29) is 0 Å². The Morgan fingerprint density at radius 2 is 2.21 bits per heavy atom. The van der Waals surface area contributed by atoms with E-state index in [4.69, 9.17) is 16.6 Å². The van der Waals surface area contributed by atoms with Crippen LogP contribution in [-0.4, -0.2) is 22.1 Å². The van der Waals surface area contributed by atoms with Gasteiger partial charge in [0.25, 0.3) is 0 Å². The predicted molar refractivity (Wildman–Crippen MR) is 77.7 cm³/mol. The Morgan fingerprint density at radius 3 is 2.95 bits per heavy atom. The first-order chi connectivity index (χ1) is 9.31. The number of aromatic nitrogens is 2. The highest BCUT2D eigenvalue weighted by molar-refractivity contribution is 6.31. The first-order valence-electron chi connectivity index (χ1n) is 7.21. The Bertz CT molecular complexity index is 609. The van der Waals surface area contributed by atoms with E-state index in [1.165, 1.54) is 37.0 Å². The summed E-state index contributed by atoms with van der Waals surface area (Å²) in [5.41, 5.74) is 2.30. The lowest BCUT2D eigenvalue weighted by atomic mass is 10.1. The summed E-state index contributed by atoms with van der Waals surface area (Å²) < 4.78 is 2.43. The molecule has 1 unspecified atom stereocenters. The largest absolute Gasteiger partial charge is 0.325 e. The molecule has 1 saturated carbocycles. The maximum atomic E-state index is 6.14. The number of hydrogen-bond acceptors (Lipinski definition) is 2. The minimum Gasteiger partial charge on any atom is -0.325 e. The number of rotatable bonds is 3. The maximum Gasteiger partial charge on any atom is 0.111 e. The second-order valence-electron chi connectivity index (χ2n) is 5.76. The number of fused-ring (bicyclic) bond motifs is 1. The van der Waals surface area contributed by atoms with Crippen molar-refractivity contribution in [1.29, 1.82) is 0 Å². The minimum absolute atomic E-state index is 0.602. The third kappa shape index (κ3) is 2.15. The van der Waals surface area contributed by atoms with Crippen LogP contribution in [0.3, 0.4) is 0 Å². The van der Waals surface area contributed by atoms with Gasteiger partial charge in [0.2, 0.25) is 0 Å². The first-order valence-corrected chi connectivity index (χ1v) is 7.59. The van der Waals surface area contributed by atoms with Gasteiger partial charge in [-0.25, -0.2) is 4.98 Å². The van der Waals surface area contributed by atoms with Crippen LogP contribution in [0.15, 0.2) is 18.2 Å². The van der Waals surface area contributed by atoms with E-state index in [0.29, 0.717) is 12.1 Å². The highest BCUT2D eigenvalue weighted by Gasteiger charge is 2.29. The smallest absolute Gasteiger partial charge is 0.111 e. The Balaban J connectivity index is 1.77. The van der Waals surface area contributed by atoms with E-state index >= 15 is 0 Å². The normalized spacial score (nSPS) is 23.3. The molecule has 1 saturated heterocycles. The van der Waals surface area contributed by atoms with Gasteiger partial charge in [0.1, 0.15) is 5.82 Å². The van der Waals surface area contributed by atoms with Gasteiger partial charge in [-0.3, -0.25) is 0 Å². The third-order valence-corrected chi connectivity index (χ3v) is 4.46. The van der Waals surface area contributed by atoms with E-state index in [0.717, 1.165) is 23.5 Å². The van der Waals surface area contributed by atoms with Gasteiger partial charge in [-0.05, 0) is 50.4 Å². The average Bonchev–Trinajstić information content (AvgIpc) is 2.98. The summed E-state index contributed by atoms with van der Waals surface area (Å²) in [4.78, 5) is 4.84. The van der Waals surface area contributed by atoms with E-state index in [9.17, 15) is 0 Å². The zero-order chi connectivity index (χ0) is 12.8. The monoisotopic (exact) mass is 275 g/mol. The molecule has 3 nitrogen and oxygen atoms in total. The van der Waals surface area contributed by atoms with Gasteiger partial charge in [-0.15, -0.1) is 0 Å². The van der Waals surface area contributed by atoms with Crippen LogP contribution in [0.5, 0.6) is 0 Å². The van der Waals surface area contributed by atoms with Gasteiger partial charge in [0, 0.05) is 23.5 Å². The molecule has 2 aliphatic rings. The standard InChI is InChI=1S/C15H18ClN3/c16-10-3-6-13-14(8-10)19(12-4-5-12)15(18-13)9-11-2-1-7-17-11/h3,6,8,11-12,17H,1-2,4-5,7,9H2. The van der Waals surface area contributed by atoms with Crippen molar-refractivity contribution >= 4 is 22.6 Å². The lowest BCUT2D eigenvalue weighted by molar-refractivity contribution is 0.562. The average molecular weight is 276 g/mol. The molecular formula is C15H18ClN3. The fourth-order valence-corrected chi connectivity index (χ4v) is 3.32. The van der Waals surface area contributed by atoms with Crippen LogP contribution in [0.2, 0.25) is 5.02 Å². The lowest BCUT2D eigenvalue weighted by Gasteiger charge is -2.12. The van der Waals surface area contributed by atoms with Crippen LogP contribution < -0.4 is 5.32 Å². The Hall–Kier alpha value is -1.06. The van der Waals surface area contributed by atoms with Crippen molar-refractivity contribution in [3.8, 4) is 0 Å². The molecule has 0 amide bonds. The molecule has 2 aromatic rings. The van der Waals surface area contributed by atoms with Crippen LogP contribution in [0, 0.1) is 0 Å². The molecule has 1 aliphatic carbocycles. The summed E-state index contributed by atoms with van der Waals surface area (Å²) in [5.74, 6) is 1.24. The van der Waals surface area contributed by atoms with Crippen molar-refractivity contribution in [2.45, 2.75) is 44.2 Å². The number of nitrogens with zero attached hydrogens (tertiary/aromatic N) is 2. The molecule has 4 rings (SSSR count). The molecule has 4 heteroatoms. The Kier molecular flexibility index (Phi) is 2.78. The van der Waals surface area contributed by atoms with Crippen molar-refractivity contribution in [2.75, 3.05) is 6.54 Å². The lowest BCUT2D eigenvalue weighted by Crippen LogP contribution is -2.25. The van der Waals surface area contributed by atoms with Crippen molar-refractivity contribution in [1.82, 2.24) is 14.9 Å². The molecule has 100 valence electrons. The summed E-state index contributed by atoms with van der Waals surface area (Å²) in [5, 5.41) is 4.37. The van der Waals surface area contributed by atoms with E-state index < -0.39 is 0 Å². The molecule has 0 radical (unpaired) electrons. The van der Waals surface area contributed by atoms with Gasteiger partial charge >= 0.3 is 0 Å². The summed E-state index contributed by atoms with van der Waals surface area (Å²) in [7, 11) is 0. The third-order valence-electron chi connectivity index (χ3n) is 4.23. The van der Waals surface area contributed by atoms with Crippen molar-refractivity contribution in [3.05, 3.63) is 29.0 Å². The summed E-state index contributed by atoms with van der Waals surface area (Å²) >= 11 is 6.14. The molecule has 2 heterocycles. The molecule has 2 fully saturated rings. The van der Waals surface area contributed by atoms with Crippen LogP contribution in [-0.2, 0) is 6.42 Å². The molecular weight excluding hydrogens is 258 g/mol. The quantitative estimate of drug-likeness (QED) is 0.931. The van der Waals surface area contributed by atoms with Crippen LogP contribution in [0.1, 0.15) is 37.5 Å². The molecule has 1 aromatic heterocycles. The fourth-order valence-electron chi connectivity index (χ4n) is 3.15. The molecule has 1 atom stereocenters. The van der Waals surface area contributed by atoms with Crippen molar-refractivity contribution in [2.24, 2.45) is 0 Å². The second-order valence-corrected chi connectivity index (χ2v) is 6.20. The fraction of sp³-hybridized carbons (Fsp3) is 0.533. The Labute approximate surface area is 118 Å². The molecule has 0 bridgehead atoms. The molecule has 1 aliphatic heterocycles. The number of halogens is 1. The van der Waals surface area contributed by atoms with E-state index in [1.54, 1.807) is 0 Å². The predicted octanol–water partition coefficient (Wildman–Crippen LogP) is 3.32. The molecule has 1 N–H and O–H groups in total. The molecule has 1 aromatic carbocycles. The zero-order valence-corrected chi connectivity index (χ0v) is 11.7. The van der Waals surface area contributed by atoms with Crippen molar-refractivity contribution < 1.29 is 0 Å². The highest BCUT2D eigenvalue weighted by atomic mass is 35.5. The number of benzene rings is 1. The van der Waals surface area contributed by atoms with E-state index in [2.05, 4.69) is 16.0 Å². The summed E-state index contributed by atoms with van der Waals surface area (Å²) in [6.07, 6.45) is 6.17. The topological polar surface area (TPSA) is 29.9 Å². The number of nitrogens with one attached hydrogen (secondary N) is 1. The number of hydrogen-bond donors (Lipinski definition) is 1. The van der Waals surface area contributed by atoms with Gasteiger partial charge in [0.05, 0.1) is 11.0 Å². The Morgan fingerprint density at radius 1 is 1.32 bits per heavy atom. The van der Waals surface area contributed by atoms with Crippen LogP contribution >= 0.6 is 11.6 Å². The second kappa shape index (κ2) is 4.50. The summed E-state index contributed by atoms with van der Waals surface area (Å²) in [6, 6.07) is 7.30. The first kappa shape index (κ1) is 11.7. The van der Waals surface area contributed by atoms with E-state index in [1.807, 2.05) is 12.1 Å². The maximum absolute atomic E-state index is 6.14. The van der Waals surface area contributed by atoms with Gasteiger partial charge < -0.3 is 9.88 Å². The van der Waals surface area contributed by atoms with Crippen LogP contribution in [0.4, 0.5) is 0 Å². The molecule has 19 heavy (non-hydrogen) atoms. The van der Waals surface area contributed by atoms with Gasteiger partial charge in [-0.1, -0.05) is 11.6 Å². The minimum atomic E-state index is 0.602. The molecule has 0 spiro atoms. The van der Waals surface area contributed by atoms with Crippen LogP contribution in [0.25, 0.3) is 11.0 Å². The number of imidazole rings is 1. The van der Waals surface area contributed by atoms with Gasteiger partial charge in [-0.2, -0.15) is 0 Å². The summed E-state index contributed by atoms with van der Waals surface area (Å²) in [6.45, 7) is 1.15. The SMILES string of the molecule is Clc1ccc2nc(CC3CCCN3)n(C3CC3)c2c1. The van der Waals surface area contributed by atoms with Gasteiger partial charge in [0.15, 0.2) is 0 Å². The zero-order valence-electron chi connectivity index (χ0n) is 10.9. The van der Waals surface area contributed by atoms with Crippen molar-refractivity contribution in [3.63, 3.8) is 0 Å².